The molecule has 0 fully saturated rings. The van der Waals surface area contributed by atoms with E-state index in [0.717, 1.165) is 18.1 Å². The average molecular weight is 227 g/mol. The second-order valence-corrected chi connectivity index (χ2v) is 3.74. The van der Waals surface area contributed by atoms with Crippen molar-refractivity contribution in [3.8, 4) is 0 Å². The number of rotatable bonds is 4. The largest absolute Gasteiger partial charge is 0.294 e. The molecule has 0 spiro atoms. The third-order valence-corrected chi connectivity index (χ3v) is 2.46. The second-order valence-electron chi connectivity index (χ2n) is 3.33. The third kappa shape index (κ3) is 3.17. The molecule has 0 amide bonds. The minimum Gasteiger partial charge on any atom is -0.294 e. The number of hydrogen-bond donors (Lipinski definition) is 0. The van der Waals surface area contributed by atoms with Crippen molar-refractivity contribution in [2.24, 2.45) is 0 Å². The molecular formula is C12H12ClFO. The molecule has 1 nitrogen and oxygen atoms in total. The van der Waals surface area contributed by atoms with Crippen molar-refractivity contribution in [2.75, 3.05) is 0 Å². The van der Waals surface area contributed by atoms with E-state index in [-0.39, 0.29) is 17.2 Å². The third-order valence-electron chi connectivity index (χ3n) is 2.15. The first-order chi connectivity index (χ1) is 7.04. The van der Waals surface area contributed by atoms with E-state index < -0.39 is 5.82 Å². The number of benzene rings is 1. The Kier molecular flexibility index (Phi) is 4.04. The molecule has 15 heavy (non-hydrogen) atoms. The zero-order valence-electron chi connectivity index (χ0n) is 8.52. The van der Waals surface area contributed by atoms with Crippen LogP contribution in [-0.2, 0) is 0 Å². The zero-order chi connectivity index (χ0) is 11.4. The maximum atomic E-state index is 13.1. The standard InChI is InChI=1S/C12H12ClFO/c1-3-8(2)6-12(15)9-4-5-10(13)11(14)7-9/h4-5,7H,2-3,6H2,1H3. The van der Waals surface area contributed by atoms with Gasteiger partial charge in [-0.3, -0.25) is 4.79 Å². The summed E-state index contributed by atoms with van der Waals surface area (Å²) in [6.45, 7) is 5.67. The molecule has 0 atom stereocenters. The number of allylic oxidation sites excluding steroid dienone is 1. The van der Waals surface area contributed by atoms with Gasteiger partial charge in [0.05, 0.1) is 5.02 Å². The molecule has 1 aromatic rings. The van der Waals surface area contributed by atoms with E-state index in [4.69, 9.17) is 11.6 Å². The lowest BCUT2D eigenvalue weighted by Crippen LogP contribution is -2.00. The van der Waals surface area contributed by atoms with Gasteiger partial charge in [0.25, 0.3) is 0 Å². The van der Waals surface area contributed by atoms with E-state index in [9.17, 15) is 9.18 Å². The number of carbonyl (C=O) groups excluding carboxylic acids is 1. The molecule has 80 valence electrons. The average Bonchev–Trinajstić information content (AvgIpc) is 2.21. The first kappa shape index (κ1) is 11.9. The van der Waals surface area contributed by atoms with Crippen LogP contribution in [0.1, 0.15) is 30.1 Å². The SMILES string of the molecule is C=C(CC)CC(=O)c1ccc(Cl)c(F)c1. The topological polar surface area (TPSA) is 17.1 Å². The lowest BCUT2D eigenvalue weighted by atomic mass is 10.0. The Morgan fingerprint density at radius 1 is 1.53 bits per heavy atom. The molecule has 3 heteroatoms. The minimum atomic E-state index is -0.565. The van der Waals surface area contributed by atoms with Gasteiger partial charge in [0.1, 0.15) is 5.82 Å². The van der Waals surface area contributed by atoms with Gasteiger partial charge in [-0.2, -0.15) is 0 Å². The van der Waals surface area contributed by atoms with Crippen molar-refractivity contribution < 1.29 is 9.18 Å². The summed E-state index contributed by atoms with van der Waals surface area (Å²) in [7, 11) is 0. The molecule has 0 saturated carbocycles. The summed E-state index contributed by atoms with van der Waals surface area (Å²) in [6, 6.07) is 4.07. The van der Waals surface area contributed by atoms with Crippen molar-refractivity contribution in [1.82, 2.24) is 0 Å². The Morgan fingerprint density at radius 2 is 2.20 bits per heavy atom. The predicted molar refractivity (Wildman–Crippen MR) is 59.8 cm³/mol. The van der Waals surface area contributed by atoms with E-state index in [2.05, 4.69) is 6.58 Å². The maximum Gasteiger partial charge on any atom is 0.166 e. The quantitative estimate of drug-likeness (QED) is 0.560. The first-order valence-corrected chi connectivity index (χ1v) is 5.07. The number of carbonyl (C=O) groups is 1. The van der Waals surface area contributed by atoms with Gasteiger partial charge >= 0.3 is 0 Å². The van der Waals surface area contributed by atoms with Gasteiger partial charge < -0.3 is 0 Å². The van der Waals surface area contributed by atoms with E-state index >= 15 is 0 Å². The van der Waals surface area contributed by atoms with E-state index in [1.165, 1.54) is 12.1 Å². The Labute approximate surface area is 93.6 Å². The van der Waals surface area contributed by atoms with Crippen LogP contribution in [0.25, 0.3) is 0 Å². The Morgan fingerprint density at radius 3 is 2.73 bits per heavy atom. The summed E-state index contributed by atoms with van der Waals surface area (Å²) in [4.78, 5) is 11.6. The highest BCUT2D eigenvalue weighted by atomic mass is 35.5. The van der Waals surface area contributed by atoms with Gasteiger partial charge in [-0.05, 0) is 24.6 Å². The van der Waals surface area contributed by atoms with Crippen LogP contribution in [0.2, 0.25) is 5.02 Å². The maximum absolute atomic E-state index is 13.1. The van der Waals surface area contributed by atoms with Gasteiger partial charge in [-0.1, -0.05) is 30.7 Å². The van der Waals surface area contributed by atoms with E-state index in [1.807, 2.05) is 6.92 Å². The first-order valence-electron chi connectivity index (χ1n) is 4.69. The highest BCUT2D eigenvalue weighted by Crippen LogP contribution is 2.18. The molecule has 0 aliphatic rings. The van der Waals surface area contributed by atoms with E-state index in [1.54, 1.807) is 0 Å². The molecule has 1 aromatic carbocycles. The number of hydrogen-bond acceptors (Lipinski definition) is 1. The Balaban J connectivity index is 2.83. The Bertz CT molecular complexity index is 399. The lowest BCUT2D eigenvalue weighted by Gasteiger charge is -2.03. The minimum absolute atomic E-state index is 0.0286. The van der Waals surface area contributed by atoms with Crippen LogP contribution < -0.4 is 0 Å². The van der Waals surface area contributed by atoms with Gasteiger partial charge in [0.2, 0.25) is 0 Å². The van der Waals surface area contributed by atoms with Crippen LogP contribution in [0, 0.1) is 5.82 Å². The molecule has 0 heterocycles. The molecular weight excluding hydrogens is 215 g/mol. The van der Waals surface area contributed by atoms with Crippen LogP contribution in [0.15, 0.2) is 30.4 Å². The summed E-state index contributed by atoms with van der Waals surface area (Å²) in [5.41, 5.74) is 1.18. The van der Waals surface area contributed by atoms with Gasteiger partial charge in [0.15, 0.2) is 5.78 Å². The lowest BCUT2D eigenvalue weighted by molar-refractivity contribution is 0.0992. The fraction of sp³-hybridized carbons (Fsp3) is 0.250. The highest BCUT2D eigenvalue weighted by Gasteiger charge is 2.09. The van der Waals surface area contributed by atoms with Crippen LogP contribution >= 0.6 is 11.6 Å². The second kappa shape index (κ2) is 5.08. The number of halogens is 2. The van der Waals surface area contributed by atoms with Gasteiger partial charge in [-0.15, -0.1) is 0 Å². The van der Waals surface area contributed by atoms with Crippen molar-refractivity contribution in [3.63, 3.8) is 0 Å². The number of ketones is 1. The molecule has 0 aliphatic carbocycles. The van der Waals surface area contributed by atoms with Crippen LogP contribution in [-0.4, -0.2) is 5.78 Å². The van der Waals surface area contributed by atoms with Gasteiger partial charge in [0, 0.05) is 12.0 Å². The van der Waals surface area contributed by atoms with Crippen molar-refractivity contribution in [2.45, 2.75) is 19.8 Å². The normalized spacial score (nSPS) is 10.1. The summed E-state index contributed by atoms with van der Waals surface area (Å²) < 4.78 is 13.1. The van der Waals surface area contributed by atoms with Crippen molar-refractivity contribution in [3.05, 3.63) is 46.8 Å². The van der Waals surface area contributed by atoms with Crippen LogP contribution in [0.5, 0.6) is 0 Å². The summed E-state index contributed by atoms with van der Waals surface area (Å²) in [5.74, 6) is -0.693. The van der Waals surface area contributed by atoms with Crippen LogP contribution in [0.4, 0.5) is 4.39 Å². The van der Waals surface area contributed by atoms with Crippen LogP contribution in [0.3, 0.4) is 0 Å². The van der Waals surface area contributed by atoms with Gasteiger partial charge in [-0.25, -0.2) is 4.39 Å². The van der Waals surface area contributed by atoms with E-state index in [0.29, 0.717) is 5.56 Å². The Hall–Kier alpha value is -1.15. The molecule has 1 rings (SSSR count). The fourth-order valence-electron chi connectivity index (χ4n) is 1.12. The smallest absolute Gasteiger partial charge is 0.166 e. The summed E-state index contributed by atoms with van der Waals surface area (Å²) in [5, 5.41) is 0.0286. The highest BCUT2D eigenvalue weighted by molar-refractivity contribution is 6.30. The molecule has 0 aromatic heterocycles. The molecule has 0 radical (unpaired) electrons. The monoisotopic (exact) mass is 226 g/mol. The predicted octanol–water partition coefficient (Wildman–Crippen LogP) is 4.02. The molecule has 0 N–H and O–H groups in total. The van der Waals surface area contributed by atoms with Crippen molar-refractivity contribution >= 4 is 17.4 Å². The molecule has 0 bridgehead atoms. The molecule has 0 saturated heterocycles. The fourth-order valence-corrected chi connectivity index (χ4v) is 1.24. The summed E-state index contributed by atoms with van der Waals surface area (Å²) in [6.07, 6.45) is 1.01. The molecule has 0 unspecified atom stereocenters. The molecule has 0 aliphatic heterocycles. The summed E-state index contributed by atoms with van der Waals surface area (Å²) >= 11 is 5.51. The van der Waals surface area contributed by atoms with Crippen molar-refractivity contribution in [1.29, 1.82) is 0 Å². The number of Topliss-reactive ketones (excluding diaryl/α,β-unsaturated/α-hetero) is 1. The zero-order valence-corrected chi connectivity index (χ0v) is 9.27.